The molecular formula is C22H21ClN2O2. The lowest BCUT2D eigenvalue weighted by molar-refractivity contribution is 0.284. The molecule has 0 atom stereocenters. The molecule has 0 amide bonds. The van der Waals surface area contributed by atoms with Crippen molar-refractivity contribution in [1.82, 2.24) is 4.98 Å². The predicted molar refractivity (Wildman–Crippen MR) is 109 cm³/mol. The Bertz CT molecular complexity index is 898. The number of aromatic nitrogens is 1. The number of pyridine rings is 1. The molecule has 3 rings (SSSR count). The zero-order valence-electron chi connectivity index (χ0n) is 15.1. The summed E-state index contributed by atoms with van der Waals surface area (Å²) in [6.45, 7) is 1.11. The number of hydrogen-bond donors (Lipinski definition) is 0. The first kappa shape index (κ1) is 18.9. The number of rotatable bonds is 8. The summed E-state index contributed by atoms with van der Waals surface area (Å²) in [5.41, 5.74) is 3.00. The second-order valence-electron chi connectivity index (χ2n) is 5.94. The topological polar surface area (TPSA) is 43.7 Å². The van der Waals surface area contributed by atoms with Crippen molar-refractivity contribution in [2.24, 2.45) is 4.99 Å². The number of ether oxygens (including phenoxy) is 2. The minimum atomic E-state index is 0.425. The van der Waals surface area contributed by atoms with E-state index < -0.39 is 0 Å². The van der Waals surface area contributed by atoms with E-state index in [1.54, 1.807) is 13.3 Å². The lowest BCUT2D eigenvalue weighted by Gasteiger charge is -2.11. The van der Waals surface area contributed by atoms with Gasteiger partial charge in [0, 0.05) is 36.1 Å². The van der Waals surface area contributed by atoms with E-state index in [1.807, 2.05) is 66.9 Å². The van der Waals surface area contributed by atoms with Crippen molar-refractivity contribution >= 4 is 17.8 Å². The molecule has 0 radical (unpaired) electrons. The molecule has 1 heterocycles. The highest BCUT2D eigenvalue weighted by molar-refractivity contribution is 6.30. The number of nitrogens with zero attached hydrogens (tertiary/aromatic N) is 2. The van der Waals surface area contributed by atoms with Gasteiger partial charge in [0.2, 0.25) is 0 Å². The van der Waals surface area contributed by atoms with Crippen molar-refractivity contribution in [2.75, 3.05) is 13.7 Å². The zero-order chi connectivity index (χ0) is 18.9. The Morgan fingerprint density at radius 2 is 1.96 bits per heavy atom. The molecule has 138 valence electrons. The summed E-state index contributed by atoms with van der Waals surface area (Å²) >= 11 is 6.01. The summed E-state index contributed by atoms with van der Waals surface area (Å²) in [7, 11) is 1.63. The monoisotopic (exact) mass is 380 g/mol. The molecule has 2 aromatic carbocycles. The molecule has 3 aromatic rings. The van der Waals surface area contributed by atoms with Crippen LogP contribution in [0.5, 0.6) is 11.5 Å². The van der Waals surface area contributed by atoms with Crippen LogP contribution in [0.3, 0.4) is 0 Å². The maximum absolute atomic E-state index is 6.01. The SMILES string of the molecule is COc1cc(/C=N/CCc2ccccn2)ccc1OCc1cccc(Cl)c1. The number of halogens is 1. The van der Waals surface area contributed by atoms with Crippen molar-refractivity contribution in [3.05, 3.63) is 88.7 Å². The van der Waals surface area contributed by atoms with Gasteiger partial charge in [-0.2, -0.15) is 0 Å². The van der Waals surface area contributed by atoms with Gasteiger partial charge in [-0.15, -0.1) is 0 Å². The molecule has 0 spiro atoms. The maximum atomic E-state index is 6.01. The predicted octanol–water partition coefficient (Wildman–Crippen LogP) is 4.98. The molecular weight excluding hydrogens is 360 g/mol. The minimum absolute atomic E-state index is 0.425. The van der Waals surface area contributed by atoms with Crippen LogP contribution in [0.15, 0.2) is 71.9 Å². The van der Waals surface area contributed by atoms with E-state index in [4.69, 9.17) is 21.1 Å². The van der Waals surface area contributed by atoms with Crippen LogP contribution in [0.2, 0.25) is 5.02 Å². The van der Waals surface area contributed by atoms with E-state index in [0.717, 1.165) is 23.2 Å². The Labute approximate surface area is 164 Å². The fourth-order valence-corrected chi connectivity index (χ4v) is 2.78. The average Bonchev–Trinajstić information content (AvgIpc) is 2.71. The van der Waals surface area contributed by atoms with Crippen LogP contribution >= 0.6 is 11.6 Å². The van der Waals surface area contributed by atoms with Crippen LogP contribution < -0.4 is 9.47 Å². The summed E-state index contributed by atoms with van der Waals surface area (Å²) in [6.07, 6.45) is 4.45. The van der Waals surface area contributed by atoms with Gasteiger partial charge in [0.15, 0.2) is 11.5 Å². The first-order valence-electron chi connectivity index (χ1n) is 8.69. The number of methoxy groups -OCH3 is 1. The second-order valence-corrected chi connectivity index (χ2v) is 6.37. The van der Waals surface area contributed by atoms with Crippen LogP contribution in [0.1, 0.15) is 16.8 Å². The van der Waals surface area contributed by atoms with Gasteiger partial charge in [-0.1, -0.05) is 29.8 Å². The van der Waals surface area contributed by atoms with Crippen LogP contribution in [-0.4, -0.2) is 24.9 Å². The smallest absolute Gasteiger partial charge is 0.161 e. The van der Waals surface area contributed by atoms with Crippen molar-refractivity contribution in [3.8, 4) is 11.5 Å². The molecule has 0 aliphatic rings. The molecule has 27 heavy (non-hydrogen) atoms. The molecule has 5 heteroatoms. The summed E-state index contributed by atoms with van der Waals surface area (Å²) < 4.78 is 11.3. The standard InChI is InChI=1S/C22H21ClN2O2/c1-26-22-14-17(15-24-12-10-20-7-2-3-11-25-20)8-9-21(22)27-16-18-5-4-6-19(23)13-18/h2-9,11,13-15H,10,12,16H2,1H3/b24-15+. The number of hydrogen-bond acceptors (Lipinski definition) is 4. The van der Waals surface area contributed by atoms with Gasteiger partial charge in [-0.3, -0.25) is 9.98 Å². The van der Waals surface area contributed by atoms with Crippen molar-refractivity contribution < 1.29 is 9.47 Å². The second kappa shape index (κ2) is 9.74. The Morgan fingerprint density at radius 3 is 2.74 bits per heavy atom. The summed E-state index contributed by atoms with van der Waals surface area (Å²) in [6, 6.07) is 19.3. The largest absolute Gasteiger partial charge is 0.493 e. The molecule has 0 unspecified atom stereocenters. The average molecular weight is 381 g/mol. The van der Waals surface area contributed by atoms with Gasteiger partial charge in [0.05, 0.1) is 7.11 Å². The van der Waals surface area contributed by atoms with E-state index >= 15 is 0 Å². The fourth-order valence-electron chi connectivity index (χ4n) is 2.57. The Balaban J connectivity index is 1.59. The third-order valence-electron chi connectivity index (χ3n) is 3.93. The van der Waals surface area contributed by atoms with Gasteiger partial charge in [0.25, 0.3) is 0 Å². The first-order valence-corrected chi connectivity index (χ1v) is 9.07. The van der Waals surface area contributed by atoms with Gasteiger partial charge in [-0.25, -0.2) is 0 Å². The quantitative estimate of drug-likeness (QED) is 0.517. The lowest BCUT2D eigenvalue weighted by Crippen LogP contribution is -1.98. The molecule has 0 aliphatic heterocycles. The van der Waals surface area contributed by atoms with Crippen LogP contribution in [-0.2, 0) is 13.0 Å². The molecule has 0 saturated heterocycles. The Morgan fingerprint density at radius 1 is 1.04 bits per heavy atom. The van der Waals surface area contributed by atoms with Gasteiger partial charge < -0.3 is 9.47 Å². The number of benzene rings is 2. The van der Waals surface area contributed by atoms with Gasteiger partial charge in [-0.05, 0) is 53.6 Å². The summed E-state index contributed by atoms with van der Waals surface area (Å²) in [5, 5.41) is 0.695. The first-order chi connectivity index (χ1) is 13.2. The molecule has 0 fully saturated rings. The number of aliphatic imine (C=N–C) groups is 1. The van der Waals surface area contributed by atoms with E-state index in [2.05, 4.69) is 9.98 Å². The van der Waals surface area contributed by atoms with E-state index in [1.165, 1.54) is 0 Å². The van der Waals surface area contributed by atoms with Crippen LogP contribution in [0, 0.1) is 0 Å². The molecule has 0 N–H and O–H groups in total. The van der Waals surface area contributed by atoms with Gasteiger partial charge in [0.1, 0.15) is 6.61 Å². The third-order valence-corrected chi connectivity index (χ3v) is 4.17. The third kappa shape index (κ3) is 5.83. The molecule has 0 bridgehead atoms. The normalized spacial score (nSPS) is 10.9. The highest BCUT2D eigenvalue weighted by Crippen LogP contribution is 2.28. The van der Waals surface area contributed by atoms with E-state index in [-0.39, 0.29) is 0 Å². The molecule has 0 saturated carbocycles. The highest BCUT2D eigenvalue weighted by atomic mass is 35.5. The van der Waals surface area contributed by atoms with Crippen molar-refractivity contribution in [1.29, 1.82) is 0 Å². The van der Waals surface area contributed by atoms with E-state index in [9.17, 15) is 0 Å². The van der Waals surface area contributed by atoms with Gasteiger partial charge >= 0.3 is 0 Å². The minimum Gasteiger partial charge on any atom is -0.493 e. The van der Waals surface area contributed by atoms with Crippen molar-refractivity contribution in [2.45, 2.75) is 13.0 Å². The lowest BCUT2D eigenvalue weighted by atomic mass is 10.2. The molecule has 4 nitrogen and oxygen atoms in total. The summed E-state index contributed by atoms with van der Waals surface area (Å²) in [4.78, 5) is 8.76. The van der Waals surface area contributed by atoms with Crippen LogP contribution in [0.4, 0.5) is 0 Å². The fraction of sp³-hybridized carbons (Fsp3) is 0.182. The zero-order valence-corrected chi connectivity index (χ0v) is 15.9. The van der Waals surface area contributed by atoms with Crippen LogP contribution in [0.25, 0.3) is 0 Å². The summed E-state index contributed by atoms with van der Waals surface area (Å²) in [5.74, 6) is 1.36. The van der Waals surface area contributed by atoms with Crippen molar-refractivity contribution in [3.63, 3.8) is 0 Å². The highest BCUT2D eigenvalue weighted by Gasteiger charge is 2.06. The Kier molecular flexibility index (Phi) is 6.83. The molecule has 1 aromatic heterocycles. The van der Waals surface area contributed by atoms with E-state index in [0.29, 0.717) is 29.7 Å². The molecule has 0 aliphatic carbocycles. The maximum Gasteiger partial charge on any atom is 0.161 e. The Hall–Kier alpha value is -2.85.